The third-order valence-corrected chi connectivity index (χ3v) is 2.57. The Bertz CT molecular complexity index is 488. The van der Waals surface area contributed by atoms with Gasteiger partial charge in [0.15, 0.2) is 0 Å². The van der Waals surface area contributed by atoms with E-state index in [9.17, 15) is 0 Å². The molecule has 3 nitrogen and oxygen atoms in total. The second kappa shape index (κ2) is 3.26. The van der Waals surface area contributed by atoms with Crippen LogP contribution >= 0.6 is 11.6 Å². The molecule has 0 spiro atoms. The van der Waals surface area contributed by atoms with Crippen LogP contribution in [0.1, 0.15) is 17.0 Å². The van der Waals surface area contributed by atoms with E-state index in [4.69, 9.17) is 17.3 Å². The van der Waals surface area contributed by atoms with Gasteiger partial charge >= 0.3 is 0 Å². The molecule has 0 radical (unpaired) electrons. The molecule has 2 N–H and O–H groups in total. The van der Waals surface area contributed by atoms with Gasteiger partial charge in [-0.15, -0.1) is 0 Å². The van der Waals surface area contributed by atoms with Crippen LogP contribution in [0.25, 0.3) is 5.65 Å². The van der Waals surface area contributed by atoms with Crippen LogP contribution in [0.2, 0.25) is 5.02 Å². The second-order valence-electron chi connectivity index (χ2n) is 3.38. The lowest BCUT2D eigenvalue weighted by Crippen LogP contribution is -2.02. The molecule has 14 heavy (non-hydrogen) atoms. The van der Waals surface area contributed by atoms with Crippen molar-refractivity contribution < 1.29 is 0 Å². The number of nitrogens with zero attached hydrogens (tertiary/aromatic N) is 2. The van der Waals surface area contributed by atoms with Crippen molar-refractivity contribution in [3.63, 3.8) is 0 Å². The molecular formula is C10H12ClN3. The molecule has 0 bridgehead atoms. The molecule has 2 aromatic rings. The molecular weight excluding hydrogens is 198 g/mol. The van der Waals surface area contributed by atoms with Crippen molar-refractivity contribution in [2.24, 2.45) is 5.73 Å². The van der Waals surface area contributed by atoms with Crippen molar-refractivity contribution in [3.05, 3.63) is 34.2 Å². The SMILES string of the molecule is Cc1nc2c(C)cc(Cl)cn2c1CN. The summed E-state index contributed by atoms with van der Waals surface area (Å²) in [5.74, 6) is 0. The molecule has 0 aliphatic carbocycles. The summed E-state index contributed by atoms with van der Waals surface area (Å²) in [7, 11) is 0. The molecule has 74 valence electrons. The fourth-order valence-electron chi connectivity index (χ4n) is 1.67. The molecule has 0 unspecified atom stereocenters. The Balaban J connectivity index is 2.87. The van der Waals surface area contributed by atoms with Crippen molar-refractivity contribution in [2.75, 3.05) is 0 Å². The number of rotatable bonds is 1. The van der Waals surface area contributed by atoms with Crippen LogP contribution in [0, 0.1) is 13.8 Å². The predicted molar refractivity (Wildman–Crippen MR) is 57.6 cm³/mol. The summed E-state index contributed by atoms with van der Waals surface area (Å²) < 4.78 is 1.97. The lowest BCUT2D eigenvalue weighted by molar-refractivity contribution is 0.942. The van der Waals surface area contributed by atoms with Crippen molar-refractivity contribution >= 4 is 17.2 Å². The maximum atomic E-state index is 5.97. The predicted octanol–water partition coefficient (Wildman–Crippen LogP) is 2.06. The Morgan fingerprint density at radius 2 is 2.21 bits per heavy atom. The molecule has 0 aliphatic heterocycles. The molecule has 0 saturated heterocycles. The average molecular weight is 210 g/mol. The number of imidazole rings is 1. The lowest BCUT2D eigenvalue weighted by Gasteiger charge is -2.02. The highest BCUT2D eigenvalue weighted by atomic mass is 35.5. The highest BCUT2D eigenvalue weighted by Crippen LogP contribution is 2.19. The summed E-state index contributed by atoms with van der Waals surface area (Å²) >= 11 is 5.97. The van der Waals surface area contributed by atoms with Crippen molar-refractivity contribution in [2.45, 2.75) is 20.4 Å². The van der Waals surface area contributed by atoms with Crippen LogP contribution in [-0.2, 0) is 6.54 Å². The van der Waals surface area contributed by atoms with Crippen LogP contribution < -0.4 is 5.73 Å². The number of nitrogens with two attached hydrogens (primary N) is 1. The van der Waals surface area contributed by atoms with Gasteiger partial charge in [-0.2, -0.15) is 0 Å². The molecule has 4 heteroatoms. The number of hydrogen-bond acceptors (Lipinski definition) is 2. The zero-order chi connectivity index (χ0) is 10.3. The molecule has 0 amide bonds. The monoisotopic (exact) mass is 209 g/mol. The van der Waals surface area contributed by atoms with Crippen molar-refractivity contribution in [1.29, 1.82) is 0 Å². The number of hydrogen-bond donors (Lipinski definition) is 1. The average Bonchev–Trinajstić information content (AvgIpc) is 2.41. The number of aromatic nitrogens is 2. The van der Waals surface area contributed by atoms with Crippen LogP contribution in [0.5, 0.6) is 0 Å². The maximum absolute atomic E-state index is 5.97. The minimum Gasteiger partial charge on any atom is -0.325 e. The van der Waals surface area contributed by atoms with Gasteiger partial charge in [-0.25, -0.2) is 4.98 Å². The minimum absolute atomic E-state index is 0.479. The van der Waals surface area contributed by atoms with E-state index in [2.05, 4.69) is 4.98 Å². The molecule has 0 aromatic carbocycles. The standard InChI is InChI=1S/C10H12ClN3/c1-6-3-8(11)5-14-9(4-12)7(2)13-10(6)14/h3,5H,4,12H2,1-2H3. The molecule has 0 fully saturated rings. The van der Waals surface area contributed by atoms with E-state index in [1.54, 1.807) is 0 Å². The summed E-state index contributed by atoms with van der Waals surface area (Å²) in [4.78, 5) is 4.45. The van der Waals surface area contributed by atoms with Crippen LogP contribution in [-0.4, -0.2) is 9.38 Å². The maximum Gasteiger partial charge on any atom is 0.140 e. The molecule has 0 aliphatic rings. The van der Waals surface area contributed by atoms with Gasteiger partial charge in [0, 0.05) is 12.7 Å². The molecule has 2 aromatic heterocycles. The first-order chi connectivity index (χ1) is 6.63. The quantitative estimate of drug-likeness (QED) is 0.782. The Morgan fingerprint density at radius 3 is 2.86 bits per heavy atom. The second-order valence-corrected chi connectivity index (χ2v) is 3.82. The van der Waals surface area contributed by atoms with E-state index in [0.29, 0.717) is 11.6 Å². The first kappa shape index (κ1) is 9.49. The Labute approximate surface area is 87.5 Å². The summed E-state index contributed by atoms with van der Waals surface area (Å²) in [6.45, 7) is 4.43. The van der Waals surface area contributed by atoms with E-state index in [-0.39, 0.29) is 0 Å². The Hall–Kier alpha value is -1.06. The normalized spacial score (nSPS) is 11.1. The van der Waals surface area contributed by atoms with Gasteiger partial charge in [-0.1, -0.05) is 11.6 Å². The lowest BCUT2D eigenvalue weighted by atomic mass is 10.3. The molecule has 0 atom stereocenters. The van der Waals surface area contributed by atoms with Gasteiger partial charge in [0.05, 0.1) is 16.4 Å². The number of halogens is 1. The smallest absolute Gasteiger partial charge is 0.140 e. The van der Waals surface area contributed by atoms with Gasteiger partial charge in [-0.3, -0.25) is 0 Å². The largest absolute Gasteiger partial charge is 0.325 e. The fourth-order valence-corrected chi connectivity index (χ4v) is 1.94. The van der Waals surface area contributed by atoms with Gasteiger partial charge in [0.1, 0.15) is 5.65 Å². The van der Waals surface area contributed by atoms with E-state index in [0.717, 1.165) is 22.6 Å². The van der Waals surface area contributed by atoms with E-state index >= 15 is 0 Å². The zero-order valence-electron chi connectivity index (χ0n) is 8.21. The van der Waals surface area contributed by atoms with Gasteiger partial charge in [0.2, 0.25) is 0 Å². The summed E-state index contributed by atoms with van der Waals surface area (Å²) in [6, 6.07) is 1.91. The van der Waals surface area contributed by atoms with Gasteiger partial charge < -0.3 is 10.1 Å². The first-order valence-electron chi connectivity index (χ1n) is 4.47. The third kappa shape index (κ3) is 1.29. The zero-order valence-corrected chi connectivity index (χ0v) is 8.97. The van der Waals surface area contributed by atoms with Crippen LogP contribution in [0.3, 0.4) is 0 Å². The Morgan fingerprint density at radius 1 is 1.50 bits per heavy atom. The Kier molecular flexibility index (Phi) is 2.21. The third-order valence-electron chi connectivity index (χ3n) is 2.36. The fraction of sp³-hybridized carbons (Fsp3) is 0.300. The molecule has 2 rings (SSSR count). The summed E-state index contributed by atoms with van der Waals surface area (Å²) in [6.07, 6.45) is 1.85. The van der Waals surface area contributed by atoms with Gasteiger partial charge in [-0.05, 0) is 25.5 Å². The first-order valence-corrected chi connectivity index (χ1v) is 4.85. The summed E-state index contributed by atoms with van der Waals surface area (Å²) in [5.41, 5.74) is 9.65. The molecule has 2 heterocycles. The highest BCUT2D eigenvalue weighted by Gasteiger charge is 2.09. The van der Waals surface area contributed by atoms with Crippen LogP contribution in [0.15, 0.2) is 12.3 Å². The van der Waals surface area contributed by atoms with Crippen molar-refractivity contribution in [1.82, 2.24) is 9.38 Å². The summed E-state index contributed by atoms with van der Waals surface area (Å²) in [5, 5.41) is 0.710. The topological polar surface area (TPSA) is 43.3 Å². The van der Waals surface area contributed by atoms with Crippen LogP contribution in [0.4, 0.5) is 0 Å². The molecule has 0 saturated carbocycles. The van der Waals surface area contributed by atoms with Crippen molar-refractivity contribution in [3.8, 4) is 0 Å². The van der Waals surface area contributed by atoms with Gasteiger partial charge in [0.25, 0.3) is 0 Å². The van der Waals surface area contributed by atoms with E-state index < -0.39 is 0 Å². The minimum atomic E-state index is 0.479. The number of pyridine rings is 1. The number of aryl methyl sites for hydroxylation is 2. The van der Waals surface area contributed by atoms with E-state index in [1.165, 1.54) is 0 Å². The number of fused-ring (bicyclic) bond motifs is 1. The highest BCUT2D eigenvalue weighted by molar-refractivity contribution is 6.30. The van der Waals surface area contributed by atoms with E-state index in [1.807, 2.05) is 30.5 Å².